The zero-order chi connectivity index (χ0) is 12.4. The largest absolute Gasteiger partial charge is 0.338 e. The molecular formula is C13H13N5. The molecule has 0 unspecified atom stereocenters. The van der Waals surface area contributed by atoms with Crippen LogP contribution in [0.4, 0.5) is 11.5 Å². The molecule has 90 valence electrons. The van der Waals surface area contributed by atoms with Gasteiger partial charge in [-0.25, -0.2) is 9.50 Å². The minimum Gasteiger partial charge on any atom is -0.338 e. The van der Waals surface area contributed by atoms with Gasteiger partial charge in [0, 0.05) is 24.6 Å². The normalized spacial score (nSPS) is 10.7. The number of aromatic nitrogens is 3. The van der Waals surface area contributed by atoms with E-state index >= 15 is 0 Å². The maximum Gasteiger partial charge on any atom is 0.156 e. The Bertz CT molecular complexity index is 674. The van der Waals surface area contributed by atoms with Gasteiger partial charge in [-0.05, 0) is 17.7 Å². The van der Waals surface area contributed by atoms with Crippen molar-refractivity contribution < 1.29 is 0 Å². The number of nitrogens with zero attached hydrogens (tertiary/aromatic N) is 3. The Hall–Kier alpha value is -2.40. The van der Waals surface area contributed by atoms with Crippen LogP contribution in [0, 0.1) is 0 Å². The van der Waals surface area contributed by atoms with Gasteiger partial charge in [0.1, 0.15) is 5.52 Å². The molecule has 2 heterocycles. The minimum absolute atomic E-state index is 0.492. The van der Waals surface area contributed by atoms with Crippen LogP contribution in [0.3, 0.4) is 0 Å². The van der Waals surface area contributed by atoms with Crippen LogP contribution in [0.2, 0.25) is 0 Å². The fourth-order valence-corrected chi connectivity index (χ4v) is 1.90. The van der Waals surface area contributed by atoms with Crippen LogP contribution >= 0.6 is 0 Å². The number of rotatable bonds is 3. The molecule has 0 aliphatic heterocycles. The summed E-state index contributed by atoms with van der Waals surface area (Å²) in [5, 5.41) is 7.48. The second-order valence-electron chi connectivity index (χ2n) is 3.92. The maximum absolute atomic E-state index is 5.72. The maximum atomic E-state index is 5.72. The Morgan fingerprint density at radius 3 is 2.94 bits per heavy atom. The number of fused-ring (bicyclic) bond motifs is 1. The first kappa shape index (κ1) is 10.7. The molecule has 0 atom stereocenters. The second-order valence-corrected chi connectivity index (χ2v) is 3.92. The van der Waals surface area contributed by atoms with Gasteiger partial charge in [-0.1, -0.05) is 18.2 Å². The van der Waals surface area contributed by atoms with E-state index in [9.17, 15) is 0 Å². The Morgan fingerprint density at radius 1 is 1.17 bits per heavy atom. The van der Waals surface area contributed by atoms with E-state index in [0.717, 1.165) is 22.6 Å². The standard InChI is InChI=1S/C13H13N5/c14-9-10-3-1-2-4-11(10)17-13-12-5-6-16-18(12)8-7-15-13/h1-8H,9,14H2,(H,15,17). The summed E-state index contributed by atoms with van der Waals surface area (Å²) in [5.41, 5.74) is 8.68. The molecule has 0 spiro atoms. The van der Waals surface area contributed by atoms with E-state index in [-0.39, 0.29) is 0 Å². The molecule has 5 nitrogen and oxygen atoms in total. The number of nitrogens with one attached hydrogen (secondary N) is 1. The highest BCUT2D eigenvalue weighted by molar-refractivity contribution is 5.73. The van der Waals surface area contributed by atoms with Crippen LogP contribution in [-0.2, 0) is 6.54 Å². The fraction of sp³-hybridized carbons (Fsp3) is 0.0769. The molecule has 0 aliphatic rings. The molecule has 0 aliphatic carbocycles. The van der Waals surface area contributed by atoms with Crippen molar-refractivity contribution in [2.75, 3.05) is 5.32 Å². The van der Waals surface area contributed by atoms with Crippen molar-refractivity contribution in [2.24, 2.45) is 5.73 Å². The molecule has 0 saturated heterocycles. The van der Waals surface area contributed by atoms with Crippen LogP contribution in [0.25, 0.3) is 5.52 Å². The zero-order valence-electron chi connectivity index (χ0n) is 9.74. The first-order valence-electron chi connectivity index (χ1n) is 5.72. The predicted molar refractivity (Wildman–Crippen MR) is 70.6 cm³/mol. The summed E-state index contributed by atoms with van der Waals surface area (Å²) in [7, 11) is 0. The summed E-state index contributed by atoms with van der Waals surface area (Å²) >= 11 is 0. The van der Waals surface area contributed by atoms with Crippen LogP contribution < -0.4 is 11.1 Å². The average Bonchev–Trinajstić information content (AvgIpc) is 2.89. The van der Waals surface area contributed by atoms with Gasteiger partial charge in [-0.3, -0.25) is 0 Å². The summed E-state index contributed by atoms with van der Waals surface area (Å²) in [4.78, 5) is 4.34. The van der Waals surface area contributed by atoms with E-state index < -0.39 is 0 Å². The summed E-state index contributed by atoms with van der Waals surface area (Å²) in [5.74, 6) is 0.774. The van der Waals surface area contributed by atoms with Crippen LogP contribution in [0.5, 0.6) is 0 Å². The highest BCUT2D eigenvalue weighted by Gasteiger charge is 2.05. The smallest absolute Gasteiger partial charge is 0.156 e. The van der Waals surface area contributed by atoms with Gasteiger partial charge in [0.25, 0.3) is 0 Å². The topological polar surface area (TPSA) is 68.2 Å². The van der Waals surface area contributed by atoms with Gasteiger partial charge >= 0.3 is 0 Å². The van der Waals surface area contributed by atoms with Crippen molar-refractivity contribution in [3.63, 3.8) is 0 Å². The van der Waals surface area contributed by atoms with Gasteiger partial charge in [0.05, 0.1) is 6.20 Å². The van der Waals surface area contributed by atoms with E-state index in [2.05, 4.69) is 15.4 Å². The molecule has 3 N–H and O–H groups in total. The summed E-state index contributed by atoms with van der Waals surface area (Å²) in [6, 6.07) is 9.85. The Kier molecular flexibility index (Phi) is 2.66. The van der Waals surface area contributed by atoms with Gasteiger partial charge in [-0.15, -0.1) is 0 Å². The molecular weight excluding hydrogens is 226 g/mol. The summed E-state index contributed by atoms with van der Waals surface area (Å²) < 4.78 is 1.78. The predicted octanol–water partition coefficient (Wildman–Crippen LogP) is 1.93. The van der Waals surface area contributed by atoms with Crippen molar-refractivity contribution >= 4 is 17.0 Å². The molecule has 3 aromatic rings. The Balaban J connectivity index is 2.04. The van der Waals surface area contributed by atoms with Crippen molar-refractivity contribution in [1.29, 1.82) is 0 Å². The first-order valence-corrected chi connectivity index (χ1v) is 5.72. The second kappa shape index (κ2) is 4.46. The number of hydrogen-bond acceptors (Lipinski definition) is 4. The average molecular weight is 239 g/mol. The fourth-order valence-electron chi connectivity index (χ4n) is 1.90. The van der Waals surface area contributed by atoms with Crippen LogP contribution in [0.1, 0.15) is 5.56 Å². The molecule has 5 heteroatoms. The molecule has 0 saturated carbocycles. The van der Waals surface area contributed by atoms with Crippen LogP contribution in [0.15, 0.2) is 48.9 Å². The van der Waals surface area contributed by atoms with Gasteiger partial charge in [-0.2, -0.15) is 5.10 Å². The van der Waals surface area contributed by atoms with Gasteiger partial charge in [0.15, 0.2) is 5.82 Å². The van der Waals surface area contributed by atoms with Gasteiger partial charge in [0.2, 0.25) is 0 Å². The molecule has 0 bridgehead atoms. The number of anilines is 2. The molecule has 1 aromatic carbocycles. The number of nitrogens with two attached hydrogens (primary N) is 1. The highest BCUT2D eigenvalue weighted by atomic mass is 15.2. The van der Waals surface area contributed by atoms with E-state index in [1.165, 1.54) is 0 Å². The third kappa shape index (κ3) is 1.80. The molecule has 2 aromatic heterocycles. The lowest BCUT2D eigenvalue weighted by Gasteiger charge is -2.10. The molecule has 0 fully saturated rings. The van der Waals surface area contributed by atoms with Crippen molar-refractivity contribution in [2.45, 2.75) is 6.54 Å². The summed E-state index contributed by atoms with van der Waals surface area (Å²) in [6.07, 6.45) is 5.28. The van der Waals surface area contributed by atoms with Crippen molar-refractivity contribution in [3.8, 4) is 0 Å². The monoisotopic (exact) mass is 239 g/mol. The van der Waals surface area contributed by atoms with Crippen LogP contribution in [-0.4, -0.2) is 14.6 Å². The lowest BCUT2D eigenvalue weighted by molar-refractivity contribution is 0.947. The van der Waals surface area contributed by atoms with E-state index in [4.69, 9.17) is 5.73 Å². The lowest BCUT2D eigenvalue weighted by atomic mass is 10.2. The third-order valence-corrected chi connectivity index (χ3v) is 2.81. The molecule has 0 radical (unpaired) electrons. The quantitative estimate of drug-likeness (QED) is 0.732. The number of benzene rings is 1. The third-order valence-electron chi connectivity index (χ3n) is 2.81. The minimum atomic E-state index is 0.492. The SMILES string of the molecule is NCc1ccccc1Nc1nccn2nccc12. The molecule has 18 heavy (non-hydrogen) atoms. The molecule has 0 amide bonds. The number of hydrogen-bond donors (Lipinski definition) is 2. The van der Waals surface area contributed by atoms with Crippen molar-refractivity contribution in [3.05, 3.63) is 54.5 Å². The Morgan fingerprint density at radius 2 is 2.06 bits per heavy atom. The van der Waals surface area contributed by atoms with E-state index in [1.54, 1.807) is 16.9 Å². The Labute approximate surface area is 104 Å². The summed E-state index contributed by atoms with van der Waals surface area (Å²) in [6.45, 7) is 0.492. The van der Waals surface area contributed by atoms with E-state index in [1.807, 2.05) is 36.5 Å². The highest BCUT2D eigenvalue weighted by Crippen LogP contribution is 2.21. The first-order chi connectivity index (χ1) is 8.88. The lowest BCUT2D eigenvalue weighted by Crippen LogP contribution is -2.03. The van der Waals surface area contributed by atoms with Crippen molar-refractivity contribution in [1.82, 2.24) is 14.6 Å². The molecule has 3 rings (SSSR count). The van der Waals surface area contributed by atoms with E-state index in [0.29, 0.717) is 6.54 Å². The number of para-hydroxylation sites is 1. The zero-order valence-corrected chi connectivity index (χ0v) is 9.74. The van der Waals surface area contributed by atoms with Gasteiger partial charge < -0.3 is 11.1 Å².